The molecular weight excluding hydrogens is 302 g/mol. The van der Waals surface area contributed by atoms with Gasteiger partial charge in [-0.05, 0) is 44.0 Å². The van der Waals surface area contributed by atoms with Crippen LogP contribution in [0.5, 0.6) is 0 Å². The lowest BCUT2D eigenvalue weighted by Crippen LogP contribution is -2.29. The zero-order valence-corrected chi connectivity index (χ0v) is 14.1. The fourth-order valence-electron chi connectivity index (χ4n) is 2.18. The summed E-state index contributed by atoms with van der Waals surface area (Å²) in [5.74, 6) is -0.912. The summed E-state index contributed by atoms with van der Waals surface area (Å²) in [7, 11) is 0. The van der Waals surface area contributed by atoms with Crippen LogP contribution in [0.4, 0.5) is 5.69 Å². The Balaban J connectivity index is 1.91. The number of hydrogen-bond acceptors (Lipinski definition) is 3. The minimum absolute atomic E-state index is 0.358. The molecule has 24 heavy (non-hydrogen) atoms. The third-order valence-electron chi connectivity index (χ3n) is 3.51. The van der Waals surface area contributed by atoms with Crippen molar-refractivity contribution in [3.63, 3.8) is 0 Å². The molecule has 1 N–H and O–H groups in total. The molecule has 2 aromatic carbocycles. The smallest absolute Gasteiger partial charge is 0.331 e. The van der Waals surface area contributed by atoms with Crippen LogP contribution >= 0.6 is 0 Å². The van der Waals surface area contributed by atoms with Gasteiger partial charge in [-0.3, -0.25) is 4.79 Å². The molecule has 0 aliphatic heterocycles. The van der Waals surface area contributed by atoms with Crippen molar-refractivity contribution in [1.29, 1.82) is 0 Å². The number of anilines is 1. The molecule has 0 saturated heterocycles. The maximum absolute atomic E-state index is 12.1. The molecule has 0 radical (unpaired) electrons. The lowest BCUT2D eigenvalue weighted by Gasteiger charge is -2.14. The Hall–Kier alpha value is -2.88. The molecular formula is C20H21NO3. The molecule has 1 amide bonds. The van der Waals surface area contributed by atoms with E-state index in [4.69, 9.17) is 4.74 Å². The van der Waals surface area contributed by atoms with Gasteiger partial charge in [0.25, 0.3) is 5.91 Å². The molecule has 4 nitrogen and oxygen atoms in total. The number of carbonyl (C=O) groups is 2. The summed E-state index contributed by atoms with van der Waals surface area (Å²) >= 11 is 0. The van der Waals surface area contributed by atoms with Crippen molar-refractivity contribution in [3.05, 3.63) is 71.3 Å². The number of ether oxygens (including phenoxy) is 1. The largest absolute Gasteiger partial charge is 0.449 e. The molecule has 124 valence electrons. The van der Waals surface area contributed by atoms with E-state index < -0.39 is 12.1 Å². The number of benzene rings is 2. The third kappa shape index (κ3) is 5.09. The number of carbonyl (C=O) groups excluding carboxylic acids is 2. The van der Waals surface area contributed by atoms with Gasteiger partial charge < -0.3 is 10.1 Å². The van der Waals surface area contributed by atoms with Gasteiger partial charge in [-0.1, -0.05) is 48.0 Å². The van der Waals surface area contributed by atoms with E-state index in [2.05, 4.69) is 5.32 Å². The molecule has 0 aliphatic carbocycles. The maximum atomic E-state index is 12.1. The Morgan fingerprint density at radius 3 is 2.46 bits per heavy atom. The van der Waals surface area contributed by atoms with Crippen LogP contribution in [0.3, 0.4) is 0 Å². The van der Waals surface area contributed by atoms with Gasteiger partial charge in [-0.2, -0.15) is 0 Å². The van der Waals surface area contributed by atoms with Gasteiger partial charge in [-0.15, -0.1) is 0 Å². The molecule has 0 bridgehead atoms. The van der Waals surface area contributed by atoms with E-state index in [1.807, 2.05) is 62.4 Å². The van der Waals surface area contributed by atoms with Crippen LogP contribution in [0.25, 0.3) is 6.08 Å². The molecule has 0 saturated carbocycles. The van der Waals surface area contributed by atoms with Crippen LogP contribution in [-0.4, -0.2) is 18.0 Å². The van der Waals surface area contributed by atoms with Crippen molar-refractivity contribution in [3.8, 4) is 0 Å². The number of esters is 1. The Bertz CT molecular complexity index is 751. The minimum atomic E-state index is -0.876. The van der Waals surface area contributed by atoms with Crippen molar-refractivity contribution < 1.29 is 14.3 Å². The van der Waals surface area contributed by atoms with Gasteiger partial charge in [-0.25, -0.2) is 4.79 Å². The first-order valence-corrected chi connectivity index (χ1v) is 7.77. The molecule has 0 heterocycles. The van der Waals surface area contributed by atoms with E-state index in [1.165, 1.54) is 6.08 Å². The van der Waals surface area contributed by atoms with Crippen molar-refractivity contribution >= 4 is 23.6 Å². The quantitative estimate of drug-likeness (QED) is 0.671. The summed E-state index contributed by atoms with van der Waals surface area (Å²) in [5.41, 5.74) is 3.69. The van der Waals surface area contributed by atoms with Crippen molar-refractivity contribution in [1.82, 2.24) is 0 Å². The third-order valence-corrected chi connectivity index (χ3v) is 3.51. The summed E-state index contributed by atoms with van der Waals surface area (Å²) in [6.07, 6.45) is 2.09. The van der Waals surface area contributed by atoms with E-state index in [9.17, 15) is 9.59 Å². The Labute approximate surface area is 142 Å². The van der Waals surface area contributed by atoms with E-state index >= 15 is 0 Å². The zero-order valence-electron chi connectivity index (χ0n) is 14.1. The predicted octanol–water partition coefficient (Wildman–Crippen LogP) is 3.89. The van der Waals surface area contributed by atoms with Gasteiger partial charge in [0.2, 0.25) is 0 Å². The molecule has 0 aliphatic rings. The normalized spacial score (nSPS) is 12.0. The van der Waals surface area contributed by atoms with E-state index in [1.54, 1.807) is 13.0 Å². The highest BCUT2D eigenvalue weighted by atomic mass is 16.5. The SMILES string of the molecule is Cc1ccc(NC(=O)[C@@H](C)OC(=O)/C=C/c2ccccc2)c(C)c1. The van der Waals surface area contributed by atoms with Crippen molar-refractivity contribution in [2.45, 2.75) is 26.9 Å². The van der Waals surface area contributed by atoms with Crippen LogP contribution in [0.2, 0.25) is 0 Å². The van der Waals surface area contributed by atoms with Crippen LogP contribution in [0, 0.1) is 13.8 Å². The summed E-state index contributed by atoms with van der Waals surface area (Å²) in [5, 5.41) is 2.78. The second kappa shape index (κ2) is 8.11. The second-order valence-corrected chi connectivity index (χ2v) is 5.63. The van der Waals surface area contributed by atoms with Crippen molar-refractivity contribution in [2.24, 2.45) is 0 Å². The Morgan fingerprint density at radius 2 is 1.79 bits per heavy atom. The highest BCUT2D eigenvalue weighted by Crippen LogP contribution is 2.16. The number of amides is 1. The molecule has 0 unspecified atom stereocenters. The number of rotatable bonds is 5. The summed E-state index contributed by atoms with van der Waals surface area (Å²) in [4.78, 5) is 24.0. The van der Waals surface area contributed by atoms with Crippen LogP contribution in [0.15, 0.2) is 54.6 Å². The minimum Gasteiger partial charge on any atom is -0.449 e. The van der Waals surface area contributed by atoms with Gasteiger partial charge in [0.05, 0.1) is 0 Å². The molecule has 4 heteroatoms. The standard InChI is InChI=1S/C20H21NO3/c1-14-9-11-18(15(2)13-14)21-20(23)16(3)24-19(22)12-10-17-7-5-4-6-8-17/h4-13,16H,1-3H3,(H,21,23)/b12-10+/t16-/m1/s1. The summed E-state index contributed by atoms with van der Waals surface area (Å²) in [6.45, 7) is 5.46. The van der Waals surface area contributed by atoms with E-state index in [0.717, 1.165) is 16.7 Å². The molecule has 2 rings (SSSR count). The van der Waals surface area contributed by atoms with Crippen LogP contribution in [0.1, 0.15) is 23.6 Å². The highest BCUT2D eigenvalue weighted by molar-refractivity contribution is 5.97. The molecule has 0 aromatic heterocycles. The second-order valence-electron chi connectivity index (χ2n) is 5.63. The summed E-state index contributed by atoms with van der Waals surface area (Å²) < 4.78 is 5.13. The first-order valence-electron chi connectivity index (χ1n) is 7.77. The number of nitrogens with one attached hydrogen (secondary N) is 1. The summed E-state index contributed by atoms with van der Waals surface area (Å²) in [6, 6.07) is 15.1. The molecule has 2 aromatic rings. The topological polar surface area (TPSA) is 55.4 Å². The van der Waals surface area contributed by atoms with Gasteiger partial charge in [0.15, 0.2) is 6.10 Å². The Kier molecular flexibility index (Phi) is 5.90. The van der Waals surface area contributed by atoms with Crippen molar-refractivity contribution in [2.75, 3.05) is 5.32 Å². The Morgan fingerprint density at radius 1 is 1.08 bits per heavy atom. The lowest BCUT2D eigenvalue weighted by atomic mass is 10.1. The molecule has 0 fully saturated rings. The van der Waals surface area contributed by atoms with Crippen LogP contribution in [-0.2, 0) is 14.3 Å². The van der Waals surface area contributed by atoms with Crippen LogP contribution < -0.4 is 5.32 Å². The van der Waals surface area contributed by atoms with Gasteiger partial charge in [0.1, 0.15) is 0 Å². The predicted molar refractivity (Wildman–Crippen MR) is 95.6 cm³/mol. The van der Waals surface area contributed by atoms with Gasteiger partial charge >= 0.3 is 5.97 Å². The number of hydrogen-bond donors (Lipinski definition) is 1. The monoisotopic (exact) mass is 323 g/mol. The molecule has 1 atom stereocenters. The van der Waals surface area contributed by atoms with E-state index in [-0.39, 0.29) is 5.91 Å². The number of aryl methyl sites for hydroxylation is 2. The first-order chi connectivity index (χ1) is 11.5. The average molecular weight is 323 g/mol. The first kappa shape index (κ1) is 17.5. The molecule has 0 spiro atoms. The maximum Gasteiger partial charge on any atom is 0.331 e. The fourth-order valence-corrected chi connectivity index (χ4v) is 2.18. The van der Waals surface area contributed by atoms with Gasteiger partial charge in [0, 0.05) is 11.8 Å². The van der Waals surface area contributed by atoms with E-state index in [0.29, 0.717) is 5.69 Å². The zero-order chi connectivity index (χ0) is 17.5. The average Bonchev–Trinajstić information content (AvgIpc) is 2.56. The highest BCUT2D eigenvalue weighted by Gasteiger charge is 2.17. The fraction of sp³-hybridized carbons (Fsp3) is 0.200. The lowest BCUT2D eigenvalue weighted by molar-refractivity contribution is -0.148.